The minimum Gasteiger partial charge on any atom is -0.321 e. The van der Waals surface area contributed by atoms with Crippen molar-refractivity contribution in [3.8, 4) is 0 Å². The van der Waals surface area contributed by atoms with E-state index in [2.05, 4.69) is 18.2 Å². The summed E-state index contributed by atoms with van der Waals surface area (Å²) in [6.45, 7) is 2.05. The number of hydrogen-bond donors (Lipinski definition) is 1. The molecular formula is C16H19NO. The van der Waals surface area contributed by atoms with E-state index in [4.69, 9.17) is 5.73 Å². The van der Waals surface area contributed by atoms with Gasteiger partial charge in [0.2, 0.25) is 0 Å². The minimum absolute atomic E-state index is 0.133. The van der Waals surface area contributed by atoms with Crippen LogP contribution in [0.2, 0.25) is 0 Å². The van der Waals surface area contributed by atoms with Crippen molar-refractivity contribution >= 4 is 16.6 Å². The largest absolute Gasteiger partial charge is 0.321 e. The molecule has 1 atom stereocenters. The van der Waals surface area contributed by atoms with Crippen LogP contribution in [0.25, 0.3) is 10.8 Å². The number of carbonyl (C=O) groups is 1. The van der Waals surface area contributed by atoms with E-state index in [1.807, 2.05) is 31.2 Å². The molecule has 0 amide bonds. The van der Waals surface area contributed by atoms with Crippen molar-refractivity contribution in [2.75, 3.05) is 0 Å². The van der Waals surface area contributed by atoms with Crippen LogP contribution in [0.3, 0.4) is 0 Å². The van der Waals surface area contributed by atoms with Gasteiger partial charge in [0.1, 0.15) is 0 Å². The van der Waals surface area contributed by atoms with Crippen molar-refractivity contribution in [3.05, 3.63) is 48.0 Å². The maximum atomic E-state index is 12.0. The van der Waals surface area contributed by atoms with Crippen LogP contribution in [0.15, 0.2) is 42.5 Å². The van der Waals surface area contributed by atoms with E-state index in [1.165, 1.54) is 5.39 Å². The molecule has 0 aromatic heterocycles. The molecule has 2 heteroatoms. The second kappa shape index (κ2) is 5.78. The third kappa shape index (κ3) is 2.77. The predicted molar refractivity (Wildman–Crippen MR) is 75.5 cm³/mol. The van der Waals surface area contributed by atoms with Gasteiger partial charge >= 0.3 is 0 Å². The lowest BCUT2D eigenvalue weighted by Gasteiger charge is -2.10. The highest BCUT2D eigenvalue weighted by molar-refractivity contribution is 5.92. The van der Waals surface area contributed by atoms with Gasteiger partial charge in [-0.3, -0.25) is 4.79 Å². The van der Waals surface area contributed by atoms with E-state index >= 15 is 0 Å². The van der Waals surface area contributed by atoms with Gasteiger partial charge in [0.15, 0.2) is 5.78 Å². The third-order valence-corrected chi connectivity index (χ3v) is 3.26. The van der Waals surface area contributed by atoms with Gasteiger partial charge in [-0.05, 0) is 22.8 Å². The average Bonchev–Trinajstić information content (AvgIpc) is 2.39. The first-order valence-electron chi connectivity index (χ1n) is 6.47. The number of ketones is 1. The molecule has 0 aliphatic heterocycles. The first-order valence-corrected chi connectivity index (χ1v) is 6.47. The first kappa shape index (κ1) is 12.8. The molecule has 2 rings (SSSR count). The van der Waals surface area contributed by atoms with Crippen LogP contribution >= 0.6 is 0 Å². The molecule has 0 spiro atoms. The highest BCUT2D eigenvalue weighted by Crippen LogP contribution is 2.19. The van der Waals surface area contributed by atoms with E-state index in [-0.39, 0.29) is 11.8 Å². The molecule has 0 saturated heterocycles. The van der Waals surface area contributed by atoms with E-state index in [0.717, 1.165) is 23.8 Å². The molecule has 0 aliphatic rings. The van der Waals surface area contributed by atoms with Gasteiger partial charge in [-0.2, -0.15) is 0 Å². The molecule has 18 heavy (non-hydrogen) atoms. The highest BCUT2D eigenvalue weighted by Gasteiger charge is 2.13. The summed E-state index contributed by atoms with van der Waals surface area (Å²) in [6.07, 6.45) is 2.15. The lowest BCUT2D eigenvalue weighted by atomic mass is 9.97. The zero-order valence-electron chi connectivity index (χ0n) is 10.7. The summed E-state index contributed by atoms with van der Waals surface area (Å²) in [7, 11) is 0. The topological polar surface area (TPSA) is 43.1 Å². The zero-order chi connectivity index (χ0) is 13.0. The number of hydrogen-bond acceptors (Lipinski definition) is 2. The number of Topliss-reactive ketones (excluding diaryl/α,β-unsaturated/α-hetero) is 1. The summed E-state index contributed by atoms with van der Waals surface area (Å²) >= 11 is 0. The quantitative estimate of drug-likeness (QED) is 0.874. The van der Waals surface area contributed by atoms with Crippen molar-refractivity contribution in [2.45, 2.75) is 32.2 Å². The summed E-state index contributed by atoms with van der Waals surface area (Å²) in [5.41, 5.74) is 6.94. The van der Waals surface area contributed by atoms with E-state index < -0.39 is 0 Å². The van der Waals surface area contributed by atoms with Crippen LogP contribution in [0.1, 0.15) is 25.3 Å². The van der Waals surface area contributed by atoms with E-state index in [9.17, 15) is 4.79 Å². The standard InChI is InChI=1S/C16H19NO/c1-2-6-15(17)16(18)11-13-9-5-8-12-7-3-4-10-14(12)13/h3-5,7-10,15H,2,6,11,17H2,1H3. The highest BCUT2D eigenvalue weighted by atomic mass is 16.1. The second-order valence-corrected chi connectivity index (χ2v) is 4.68. The van der Waals surface area contributed by atoms with Crippen molar-refractivity contribution in [1.82, 2.24) is 0 Å². The van der Waals surface area contributed by atoms with Gasteiger partial charge in [0.25, 0.3) is 0 Å². The van der Waals surface area contributed by atoms with Crippen LogP contribution in [-0.4, -0.2) is 11.8 Å². The molecule has 0 heterocycles. The minimum atomic E-state index is -0.325. The third-order valence-electron chi connectivity index (χ3n) is 3.26. The monoisotopic (exact) mass is 241 g/mol. The van der Waals surface area contributed by atoms with Crippen LogP contribution in [0.4, 0.5) is 0 Å². The summed E-state index contributed by atoms with van der Waals surface area (Å²) in [5, 5.41) is 2.32. The molecule has 94 valence electrons. The fraction of sp³-hybridized carbons (Fsp3) is 0.312. The molecule has 2 N–H and O–H groups in total. The van der Waals surface area contributed by atoms with E-state index in [1.54, 1.807) is 0 Å². The summed E-state index contributed by atoms with van der Waals surface area (Å²) < 4.78 is 0. The maximum absolute atomic E-state index is 12.0. The van der Waals surface area contributed by atoms with Gasteiger partial charge in [-0.25, -0.2) is 0 Å². The zero-order valence-corrected chi connectivity index (χ0v) is 10.7. The molecule has 0 saturated carbocycles. The van der Waals surface area contributed by atoms with Crippen molar-refractivity contribution in [1.29, 1.82) is 0 Å². The Labute approximate surface area is 108 Å². The molecule has 0 aliphatic carbocycles. The summed E-state index contributed by atoms with van der Waals surface area (Å²) in [5.74, 6) is 0.133. The number of fused-ring (bicyclic) bond motifs is 1. The summed E-state index contributed by atoms with van der Waals surface area (Å²) in [6, 6.07) is 13.9. The Kier molecular flexibility index (Phi) is 4.11. The first-order chi connectivity index (χ1) is 8.72. The fourth-order valence-corrected chi connectivity index (χ4v) is 2.24. The SMILES string of the molecule is CCCC(N)C(=O)Cc1cccc2ccccc12. The Bertz CT molecular complexity index is 542. The second-order valence-electron chi connectivity index (χ2n) is 4.68. The molecule has 1 unspecified atom stereocenters. The molecule has 0 bridgehead atoms. The molecule has 0 radical (unpaired) electrons. The Balaban J connectivity index is 2.24. The average molecular weight is 241 g/mol. The molecular weight excluding hydrogens is 222 g/mol. The maximum Gasteiger partial charge on any atom is 0.153 e. The van der Waals surface area contributed by atoms with Crippen LogP contribution in [0.5, 0.6) is 0 Å². The van der Waals surface area contributed by atoms with Crippen LogP contribution in [0, 0.1) is 0 Å². The van der Waals surface area contributed by atoms with E-state index in [0.29, 0.717) is 6.42 Å². The number of rotatable bonds is 5. The van der Waals surface area contributed by atoms with Crippen LogP contribution < -0.4 is 5.73 Å². The lowest BCUT2D eigenvalue weighted by molar-refractivity contribution is -0.119. The van der Waals surface area contributed by atoms with Crippen LogP contribution in [-0.2, 0) is 11.2 Å². The van der Waals surface area contributed by atoms with Gasteiger partial charge in [-0.15, -0.1) is 0 Å². The van der Waals surface area contributed by atoms with Gasteiger partial charge in [0.05, 0.1) is 6.04 Å². The predicted octanol–water partition coefficient (Wildman–Crippen LogP) is 3.08. The Morgan fingerprint density at radius 1 is 1.17 bits per heavy atom. The fourth-order valence-electron chi connectivity index (χ4n) is 2.24. The Hall–Kier alpha value is -1.67. The van der Waals surface area contributed by atoms with Gasteiger partial charge in [0, 0.05) is 6.42 Å². The molecule has 0 fully saturated rings. The lowest BCUT2D eigenvalue weighted by Crippen LogP contribution is -2.31. The van der Waals surface area contributed by atoms with Gasteiger partial charge < -0.3 is 5.73 Å². The Morgan fingerprint density at radius 2 is 1.89 bits per heavy atom. The van der Waals surface area contributed by atoms with Crippen molar-refractivity contribution in [3.63, 3.8) is 0 Å². The Morgan fingerprint density at radius 3 is 2.67 bits per heavy atom. The van der Waals surface area contributed by atoms with Crippen molar-refractivity contribution in [2.24, 2.45) is 5.73 Å². The smallest absolute Gasteiger partial charge is 0.153 e. The normalized spacial score (nSPS) is 12.6. The molecule has 2 aromatic rings. The summed E-state index contributed by atoms with van der Waals surface area (Å²) in [4.78, 5) is 12.0. The molecule has 2 nitrogen and oxygen atoms in total. The number of carbonyl (C=O) groups excluding carboxylic acids is 1. The van der Waals surface area contributed by atoms with Gasteiger partial charge in [-0.1, -0.05) is 55.8 Å². The van der Waals surface area contributed by atoms with Crippen molar-refractivity contribution < 1.29 is 4.79 Å². The number of benzene rings is 2. The molecule has 2 aromatic carbocycles. The number of nitrogens with two attached hydrogens (primary N) is 1.